The normalized spacial score (nSPS) is 15.6. The number of benzene rings is 1. The van der Waals surface area contributed by atoms with Crippen molar-refractivity contribution in [3.05, 3.63) is 35.4 Å². The summed E-state index contributed by atoms with van der Waals surface area (Å²) in [5.74, 6) is 0. The predicted octanol–water partition coefficient (Wildman–Crippen LogP) is 2.48. The maximum absolute atomic E-state index is 12.3. The summed E-state index contributed by atoms with van der Waals surface area (Å²) < 4.78 is 0. The van der Waals surface area contributed by atoms with Crippen LogP contribution in [0.3, 0.4) is 0 Å². The van der Waals surface area contributed by atoms with Gasteiger partial charge in [-0.05, 0) is 38.2 Å². The minimum atomic E-state index is -0.0366. The number of carbonyl (C=O) groups is 1. The second kappa shape index (κ2) is 7.46. The standard InChI is InChI=1S/C17H26N2O2/c1-3-15(12-14-6-4-13(2)5-7-14)18-17(21)19(10-11-20)16-8-9-16/h4-7,15-16,20H,3,8-12H2,1-2H3,(H,18,21). The van der Waals surface area contributed by atoms with Crippen molar-refractivity contribution in [1.29, 1.82) is 0 Å². The van der Waals surface area contributed by atoms with Gasteiger partial charge in [-0.15, -0.1) is 0 Å². The van der Waals surface area contributed by atoms with Gasteiger partial charge in [-0.3, -0.25) is 0 Å². The van der Waals surface area contributed by atoms with E-state index in [1.54, 1.807) is 4.90 Å². The zero-order valence-corrected chi connectivity index (χ0v) is 13.0. The maximum Gasteiger partial charge on any atom is 0.317 e. The van der Waals surface area contributed by atoms with E-state index >= 15 is 0 Å². The van der Waals surface area contributed by atoms with Crippen molar-refractivity contribution in [2.45, 2.75) is 51.6 Å². The smallest absolute Gasteiger partial charge is 0.317 e. The largest absolute Gasteiger partial charge is 0.395 e. The van der Waals surface area contributed by atoms with Crippen LogP contribution in [0.5, 0.6) is 0 Å². The van der Waals surface area contributed by atoms with Crippen LogP contribution in [0.15, 0.2) is 24.3 Å². The molecular weight excluding hydrogens is 264 g/mol. The number of nitrogens with zero attached hydrogens (tertiary/aromatic N) is 1. The van der Waals surface area contributed by atoms with Crippen molar-refractivity contribution in [1.82, 2.24) is 10.2 Å². The number of hydrogen-bond acceptors (Lipinski definition) is 2. The fourth-order valence-electron chi connectivity index (χ4n) is 2.51. The van der Waals surface area contributed by atoms with Gasteiger partial charge in [-0.25, -0.2) is 4.79 Å². The van der Waals surface area contributed by atoms with Gasteiger partial charge in [-0.1, -0.05) is 36.8 Å². The number of aryl methyl sites for hydroxylation is 1. The molecule has 21 heavy (non-hydrogen) atoms. The Bertz CT molecular complexity index is 454. The highest BCUT2D eigenvalue weighted by Crippen LogP contribution is 2.26. The second-order valence-electron chi connectivity index (χ2n) is 5.89. The molecule has 4 nitrogen and oxygen atoms in total. The van der Waals surface area contributed by atoms with Crippen LogP contribution >= 0.6 is 0 Å². The van der Waals surface area contributed by atoms with Gasteiger partial charge < -0.3 is 15.3 Å². The number of amides is 2. The summed E-state index contributed by atoms with van der Waals surface area (Å²) in [6, 6.07) is 8.88. The van der Waals surface area contributed by atoms with Crippen LogP contribution in [0.2, 0.25) is 0 Å². The molecule has 1 aliphatic carbocycles. The zero-order valence-electron chi connectivity index (χ0n) is 13.0. The molecule has 1 aromatic rings. The van der Waals surface area contributed by atoms with E-state index < -0.39 is 0 Å². The summed E-state index contributed by atoms with van der Waals surface area (Å²) in [5, 5.41) is 12.2. The molecule has 0 saturated heterocycles. The molecule has 0 aliphatic heterocycles. The molecule has 0 aromatic heterocycles. The monoisotopic (exact) mass is 290 g/mol. The number of aliphatic hydroxyl groups is 1. The number of aliphatic hydroxyl groups excluding tert-OH is 1. The van der Waals surface area contributed by atoms with Crippen LogP contribution in [0.1, 0.15) is 37.3 Å². The van der Waals surface area contributed by atoms with E-state index in [0.717, 1.165) is 25.7 Å². The Morgan fingerprint density at radius 3 is 2.57 bits per heavy atom. The molecule has 2 amide bonds. The molecule has 1 saturated carbocycles. The first-order chi connectivity index (χ1) is 10.1. The Morgan fingerprint density at radius 2 is 2.05 bits per heavy atom. The summed E-state index contributed by atoms with van der Waals surface area (Å²) >= 11 is 0. The van der Waals surface area contributed by atoms with Gasteiger partial charge in [0.15, 0.2) is 0 Å². The minimum Gasteiger partial charge on any atom is -0.395 e. The van der Waals surface area contributed by atoms with Gasteiger partial charge in [0.25, 0.3) is 0 Å². The Kier molecular flexibility index (Phi) is 5.62. The number of rotatable bonds is 7. The lowest BCUT2D eigenvalue weighted by atomic mass is 10.0. The van der Waals surface area contributed by atoms with Crippen molar-refractivity contribution in [2.24, 2.45) is 0 Å². The van der Waals surface area contributed by atoms with Crippen molar-refractivity contribution in [3.63, 3.8) is 0 Å². The molecule has 1 atom stereocenters. The lowest BCUT2D eigenvalue weighted by Crippen LogP contribution is -2.47. The van der Waals surface area contributed by atoms with Crippen LogP contribution in [-0.4, -0.2) is 41.3 Å². The summed E-state index contributed by atoms with van der Waals surface area (Å²) in [6.45, 7) is 4.62. The highest BCUT2D eigenvalue weighted by atomic mass is 16.3. The Morgan fingerprint density at radius 1 is 1.38 bits per heavy atom. The first-order valence-corrected chi connectivity index (χ1v) is 7.87. The molecule has 0 spiro atoms. The number of nitrogens with one attached hydrogen (secondary N) is 1. The average molecular weight is 290 g/mol. The summed E-state index contributed by atoms with van der Waals surface area (Å²) in [5.41, 5.74) is 2.49. The van der Waals surface area contributed by atoms with Gasteiger partial charge >= 0.3 is 6.03 Å². The Balaban J connectivity index is 1.91. The van der Waals surface area contributed by atoms with E-state index in [1.807, 2.05) is 0 Å². The zero-order chi connectivity index (χ0) is 15.2. The predicted molar refractivity (Wildman–Crippen MR) is 84.3 cm³/mol. The van der Waals surface area contributed by atoms with Crippen LogP contribution in [-0.2, 0) is 6.42 Å². The third kappa shape index (κ3) is 4.74. The Labute approximate surface area is 127 Å². The van der Waals surface area contributed by atoms with E-state index in [2.05, 4.69) is 43.4 Å². The van der Waals surface area contributed by atoms with Crippen molar-refractivity contribution < 1.29 is 9.90 Å². The van der Waals surface area contributed by atoms with Gasteiger partial charge in [0.05, 0.1) is 6.61 Å². The third-order valence-corrected chi connectivity index (χ3v) is 4.01. The molecule has 4 heteroatoms. The molecule has 1 aliphatic rings. The second-order valence-corrected chi connectivity index (χ2v) is 5.89. The number of hydrogen-bond donors (Lipinski definition) is 2. The van der Waals surface area contributed by atoms with E-state index in [1.165, 1.54) is 11.1 Å². The summed E-state index contributed by atoms with van der Waals surface area (Å²) in [7, 11) is 0. The molecule has 1 fully saturated rings. The molecule has 1 unspecified atom stereocenters. The molecule has 1 aromatic carbocycles. The highest BCUT2D eigenvalue weighted by Gasteiger charge is 2.32. The fourth-order valence-corrected chi connectivity index (χ4v) is 2.51. The molecule has 116 valence electrons. The third-order valence-electron chi connectivity index (χ3n) is 4.01. The molecule has 0 heterocycles. The van der Waals surface area contributed by atoms with E-state index in [9.17, 15) is 4.79 Å². The first-order valence-electron chi connectivity index (χ1n) is 7.87. The highest BCUT2D eigenvalue weighted by molar-refractivity contribution is 5.75. The van der Waals surface area contributed by atoms with Crippen molar-refractivity contribution >= 4 is 6.03 Å². The van der Waals surface area contributed by atoms with E-state index in [0.29, 0.717) is 12.6 Å². The van der Waals surface area contributed by atoms with Crippen LogP contribution in [0, 0.1) is 6.92 Å². The summed E-state index contributed by atoms with van der Waals surface area (Å²) in [6.07, 6.45) is 3.86. The summed E-state index contributed by atoms with van der Waals surface area (Å²) in [4.78, 5) is 14.1. The Hall–Kier alpha value is -1.55. The van der Waals surface area contributed by atoms with Gasteiger partial charge in [0.1, 0.15) is 0 Å². The molecule has 0 radical (unpaired) electrons. The van der Waals surface area contributed by atoms with Crippen LogP contribution in [0.25, 0.3) is 0 Å². The van der Waals surface area contributed by atoms with Gasteiger partial charge in [0.2, 0.25) is 0 Å². The molecule has 2 rings (SSSR count). The molecule has 2 N–H and O–H groups in total. The van der Waals surface area contributed by atoms with Crippen LogP contribution in [0.4, 0.5) is 4.79 Å². The van der Waals surface area contributed by atoms with Crippen molar-refractivity contribution in [3.8, 4) is 0 Å². The number of urea groups is 1. The quantitative estimate of drug-likeness (QED) is 0.810. The van der Waals surface area contributed by atoms with Crippen molar-refractivity contribution in [2.75, 3.05) is 13.2 Å². The fraction of sp³-hybridized carbons (Fsp3) is 0.588. The lowest BCUT2D eigenvalue weighted by molar-refractivity contribution is 0.170. The topological polar surface area (TPSA) is 52.6 Å². The van der Waals surface area contributed by atoms with Crippen LogP contribution < -0.4 is 5.32 Å². The van der Waals surface area contributed by atoms with Gasteiger partial charge in [-0.2, -0.15) is 0 Å². The maximum atomic E-state index is 12.3. The lowest BCUT2D eigenvalue weighted by Gasteiger charge is -2.25. The van der Waals surface area contributed by atoms with E-state index in [4.69, 9.17) is 5.11 Å². The molecular formula is C17H26N2O2. The minimum absolute atomic E-state index is 0.0265. The first kappa shape index (κ1) is 15.8. The SMILES string of the molecule is CCC(Cc1ccc(C)cc1)NC(=O)N(CCO)C1CC1. The average Bonchev–Trinajstić information content (AvgIpc) is 3.30. The van der Waals surface area contributed by atoms with E-state index in [-0.39, 0.29) is 18.7 Å². The van der Waals surface area contributed by atoms with Gasteiger partial charge in [0, 0.05) is 18.6 Å². The molecule has 0 bridgehead atoms. The number of carbonyl (C=O) groups excluding carboxylic acids is 1.